The highest BCUT2D eigenvalue weighted by Crippen LogP contribution is 1.89. The number of carbonyl (C=O) groups excluding carboxylic acids is 10. The molecule has 0 aliphatic carbocycles. The first-order chi connectivity index (χ1) is 22.2. The molecule has 0 aliphatic heterocycles. The Labute approximate surface area is 271 Å². The van der Waals surface area contributed by atoms with Gasteiger partial charge in [0.05, 0.1) is 58.9 Å². The predicted molar refractivity (Wildman–Crippen MR) is 160 cm³/mol. The van der Waals surface area contributed by atoms with Crippen molar-refractivity contribution in [3.05, 3.63) is 0 Å². The molecule has 0 unspecified atom stereocenters. The molecule has 0 spiro atoms. The van der Waals surface area contributed by atoms with Crippen molar-refractivity contribution in [2.24, 2.45) is 5.73 Å². The summed E-state index contributed by atoms with van der Waals surface area (Å²) in [5, 5.41) is 30.2. The molecule has 0 rings (SSSR count). The van der Waals surface area contributed by atoms with Gasteiger partial charge in [-0.15, -0.1) is 0 Å². The Morgan fingerprint density at radius 1 is 0.447 bits per heavy atom. The van der Waals surface area contributed by atoms with Crippen LogP contribution >= 0.6 is 12.6 Å². The van der Waals surface area contributed by atoms with E-state index in [9.17, 15) is 52.7 Å². The van der Waals surface area contributed by atoms with E-state index in [1.165, 1.54) is 0 Å². The largest absolute Gasteiger partial charge is 0.480 e. The van der Waals surface area contributed by atoms with Crippen LogP contribution in [0.3, 0.4) is 0 Å². The monoisotopic (exact) mass is 691 g/mol. The fourth-order valence-corrected chi connectivity index (χ4v) is 2.92. The van der Waals surface area contributed by atoms with E-state index in [1.807, 2.05) is 5.32 Å². The Morgan fingerprint density at radius 2 is 0.723 bits per heavy atom. The maximum Gasteiger partial charge on any atom is 0.322 e. The van der Waals surface area contributed by atoms with Gasteiger partial charge in [-0.2, -0.15) is 12.6 Å². The lowest BCUT2D eigenvalue weighted by Crippen LogP contribution is -2.52. The van der Waals surface area contributed by atoms with E-state index in [4.69, 9.17) is 10.8 Å². The molecule has 13 N–H and O–H groups in total. The van der Waals surface area contributed by atoms with E-state index in [-0.39, 0.29) is 12.3 Å². The summed E-state index contributed by atoms with van der Waals surface area (Å²) in [6.07, 6.45) is 0. The number of nitrogens with two attached hydrogens (primary N) is 1. The molecule has 0 saturated heterocycles. The number of rotatable bonds is 22. The SMILES string of the molecule is NCC(=O)NCC(=O)NCC(=O)NCC(=O)NCC(=O)N[C@@H](CS)C(=O)NCC(=O)NCC(=O)NCC(=O)NCC(=O)NCC(=O)O. The van der Waals surface area contributed by atoms with E-state index >= 15 is 0 Å². The summed E-state index contributed by atoms with van der Waals surface area (Å²) < 4.78 is 0. The number of thiol groups is 1. The van der Waals surface area contributed by atoms with Crippen molar-refractivity contribution in [2.45, 2.75) is 6.04 Å². The first-order valence-corrected chi connectivity index (χ1v) is 14.0. The number of carboxylic acid groups (broad SMARTS) is 1. The van der Waals surface area contributed by atoms with Gasteiger partial charge in [0.15, 0.2) is 0 Å². The summed E-state index contributed by atoms with van der Waals surface area (Å²) in [4.78, 5) is 128. The molecule has 262 valence electrons. The zero-order valence-corrected chi connectivity index (χ0v) is 25.7. The Balaban J connectivity index is 4.23. The number of nitrogens with one attached hydrogen (secondary N) is 10. The standard InChI is InChI=1S/C23H37N11O12S/c24-1-13(35)25-2-14(36)26-3-15(37)28-6-18(40)31-9-21(43)34-12(11-47)23(46)33-8-20(42)30-5-17(39)27-4-16(38)29-7-19(41)32-10-22(44)45/h12,47H,1-11,24H2,(H,25,35)(H,26,36)(H,27,39)(H,28,37)(H,29,38)(H,30,42)(H,31,40)(H,32,41)(H,33,46)(H,34,43)(H,44,45)/t12-/m0/s1. The summed E-state index contributed by atoms with van der Waals surface area (Å²) in [7, 11) is 0. The Morgan fingerprint density at radius 3 is 1.02 bits per heavy atom. The third kappa shape index (κ3) is 22.6. The highest BCUT2D eigenvalue weighted by molar-refractivity contribution is 7.80. The fourth-order valence-electron chi connectivity index (χ4n) is 2.67. The first-order valence-electron chi connectivity index (χ1n) is 13.4. The van der Waals surface area contributed by atoms with Gasteiger partial charge < -0.3 is 64.0 Å². The molecule has 0 fully saturated rings. The Hall–Kier alpha value is -5.52. The van der Waals surface area contributed by atoms with Crippen LogP contribution in [0.1, 0.15) is 0 Å². The molecule has 0 aromatic heterocycles. The Kier molecular flexibility index (Phi) is 21.0. The Bertz CT molecular complexity index is 1200. The van der Waals surface area contributed by atoms with Crippen molar-refractivity contribution in [1.82, 2.24) is 53.2 Å². The van der Waals surface area contributed by atoms with Crippen molar-refractivity contribution < 1.29 is 57.8 Å². The van der Waals surface area contributed by atoms with Gasteiger partial charge in [-0.25, -0.2) is 0 Å². The average Bonchev–Trinajstić information content (AvgIpc) is 3.04. The van der Waals surface area contributed by atoms with E-state index in [0.717, 1.165) is 0 Å². The maximum absolute atomic E-state index is 12.3. The highest BCUT2D eigenvalue weighted by atomic mass is 32.1. The van der Waals surface area contributed by atoms with Crippen LogP contribution in [0.15, 0.2) is 0 Å². The van der Waals surface area contributed by atoms with Crippen LogP contribution in [0.25, 0.3) is 0 Å². The second-order valence-corrected chi connectivity index (χ2v) is 9.20. The first kappa shape index (κ1) is 41.5. The minimum absolute atomic E-state index is 0.198. The fraction of sp³-hybridized carbons (Fsp3) is 0.522. The van der Waals surface area contributed by atoms with E-state index in [1.54, 1.807) is 0 Å². The normalized spacial score (nSPS) is 10.5. The smallest absolute Gasteiger partial charge is 0.322 e. The van der Waals surface area contributed by atoms with Crippen molar-refractivity contribution >= 4 is 77.7 Å². The molecular formula is C23H37N11O12S. The summed E-state index contributed by atoms with van der Waals surface area (Å²) in [6.45, 7) is -5.20. The second-order valence-electron chi connectivity index (χ2n) is 8.83. The van der Waals surface area contributed by atoms with Gasteiger partial charge in [-0.3, -0.25) is 52.7 Å². The molecule has 0 radical (unpaired) electrons. The van der Waals surface area contributed by atoms with Gasteiger partial charge in [0.1, 0.15) is 12.6 Å². The molecule has 1 atom stereocenters. The maximum atomic E-state index is 12.3. The number of hydrogen-bond acceptors (Lipinski definition) is 13. The average molecular weight is 692 g/mol. The molecule has 47 heavy (non-hydrogen) atoms. The quantitative estimate of drug-likeness (QED) is 0.0470. The van der Waals surface area contributed by atoms with Crippen LogP contribution in [-0.2, 0) is 52.7 Å². The topological polar surface area (TPSA) is 354 Å². The van der Waals surface area contributed by atoms with Crippen LogP contribution in [0.5, 0.6) is 0 Å². The number of carboxylic acids is 1. The van der Waals surface area contributed by atoms with E-state index in [2.05, 4.69) is 60.5 Å². The van der Waals surface area contributed by atoms with Gasteiger partial charge in [0, 0.05) is 5.75 Å². The molecule has 24 heteroatoms. The number of aliphatic carboxylic acids is 1. The van der Waals surface area contributed by atoms with Crippen LogP contribution in [-0.4, -0.2) is 147 Å². The lowest BCUT2D eigenvalue weighted by atomic mass is 10.3. The van der Waals surface area contributed by atoms with Crippen molar-refractivity contribution in [3.8, 4) is 0 Å². The van der Waals surface area contributed by atoms with Gasteiger partial charge >= 0.3 is 5.97 Å². The van der Waals surface area contributed by atoms with Crippen molar-refractivity contribution in [2.75, 3.05) is 71.2 Å². The zero-order chi connectivity index (χ0) is 35.8. The third-order valence-corrected chi connectivity index (χ3v) is 5.37. The lowest BCUT2D eigenvalue weighted by Gasteiger charge is -2.16. The molecule has 0 bridgehead atoms. The second kappa shape index (κ2) is 23.8. The number of carbonyl (C=O) groups is 11. The molecule has 23 nitrogen and oxygen atoms in total. The molecule has 0 aromatic carbocycles. The van der Waals surface area contributed by atoms with Crippen molar-refractivity contribution in [3.63, 3.8) is 0 Å². The molecule has 0 heterocycles. The lowest BCUT2D eigenvalue weighted by molar-refractivity contribution is -0.138. The molecular weight excluding hydrogens is 654 g/mol. The summed E-state index contributed by atoms with van der Waals surface area (Å²) >= 11 is 3.96. The molecule has 0 aromatic rings. The predicted octanol–water partition coefficient (Wildman–Crippen LogP) is -9.51. The van der Waals surface area contributed by atoms with Gasteiger partial charge in [-0.05, 0) is 0 Å². The van der Waals surface area contributed by atoms with Crippen LogP contribution in [0.4, 0.5) is 0 Å². The minimum Gasteiger partial charge on any atom is -0.480 e. The van der Waals surface area contributed by atoms with Gasteiger partial charge in [0.2, 0.25) is 59.1 Å². The minimum atomic E-state index is -1.27. The summed E-state index contributed by atoms with van der Waals surface area (Å²) in [5.41, 5.74) is 5.07. The number of hydrogen-bond donors (Lipinski definition) is 13. The summed E-state index contributed by atoms with van der Waals surface area (Å²) in [5.74, 6) is -8.95. The molecule has 0 aliphatic rings. The summed E-state index contributed by atoms with van der Waals surface area (Å²) in [6, 6.07) is -1.22. The van der Waals surface area contributed by atoms with Crippen LogP contribution in [0, 0.1) is 0 Å². The van der Waals surface area contributed by atoms with Gasteiger partial charge in [0.25, 0.3) is 0 Å². The highest BCUT2D eigenvalue weighted by Gasteiger charge is 2.20. The van der Waals surface area contributed by atoms with Crippen LogP contribution < -0.4 is 58.9 Å². The van der Waals surface area contributed by atoms with E-state index in [0.29, 0.717) is 0 Å². The molecule has 10 amide bonds. The van der Waals surface area contributed by atoms with Gasteiger partial charge in [-0.1, -0.05) is 0 Å². The molecule has 0 saturated carbocycles. The van der Waals surface area contributed by atoms with Crippen LogP contribution in [0.2, 0.25) is 0 Å². The van der Waals surface area contributed by atoms with Crippen molar-refractivity contribution in [1.29, 1.82) is 0 Å². The third-order valence-electron chi connectivity index (χ3n) is 5.00. The van der Waals surface area contributed by atoms with E-state index < -0.39 is 130 Å². The number of amides is 10. The zero-order valence-electron chi connectivity index (χ0n) is 24.8.